The van der Waals surface area contributed by atoms with Crippen LogP contribution in [-0.2, 0) is 5.75 Å². The Kier molecular flexibility index (Phi) is 3.92. The number of hydrogen-bond acceptors (Lipinski definition) is 6. The van der Waals surface area contributed by atoms with Crippen LogP contribution in [0.25, 0.3) is 16.9 Å². The van der Waals surface area contributed by atoms with Crippen molar-refractivity contribution in [2.45, 2.75) is 17.7 Å². The first kappa shape index (κ1) is 14.8. The second-order valence-electron chi connectivity index (χ2n) is 5.30. The zero-order valence-corrected chi connectivity index (χ0v) is 13.8. The van der Waals surface area contributed by atoms with Gasteiger partial charge in [-0.25, -0.2) is 9.97 Å². The molecule has 0 aliphatic rings. The maximum absolute atomic E-state index is 4.35. The van der Waals surface area contributed by atoms with Crippen molar-refractivity contribution in [3.05, 3.63) is 66.2 Å². The van der Waals surface area contributed by atoms with Crippen molar-refractivity contribution in [2.24, 2.45) is 0 Å². The molecule has 0 unspecified atom stereocenters. The molecule has 4 aromatic rings. The molecule has 0 spiro atoms. The highest BCUT2D eigenvalue weighted by molar-refractivity contribution is 7.98. The van der Waals surface area contributed by atoms with Crippen molar-refractivity contribution in [2.75, 3.05) is 0 Å². The van der Waals surface area contributed by atoms with Crippen LogP contribution >= 0.6 is 11.8 Å². The second-order valence-corrected chi connectivity index (χ2v) is 6.26. The number of aromatic nitrogens is 6. The van der Waals surface area contributed by atoms with Crippen LogP contribution in [0.1, 0.15) is 11.3 Å². The fraction of sp³-hybridized carbons (Fsp3) is 0.118. The number of rotatable bonds is 4. The molecule has 0 N–H and O–H groups in total. The van der Waals surface area contributed by atoms with Gasteiger partial charge < -0.3 is 0 Å². The molecule has 0 radical (unpaired) electrons. The lowest BCUT2D eigenvalue weighted by atomic mass is 10.2. The number of benzene rings is 1. The lowest BCUT2D eigenvalue weighted by Crippen LogP contribution is -1.98. The monoisotopic (exact) mass is 334 g/mol. The van der Waals surface area contributed by atoms with Gasteiger partial charge in [-0.1, -0.05) is 40.7 Å². The van der Waals surface area contributed by atoms with Gasteiger partial charge in [-0.05, 0) is 31.2 Å². The summed E-state index contributed by atoms with van der Waals surface area (Å²) in [6.45, 7) is 2.05. The Labute approximate surface area is 143 Å². The summed E-state index contributed by atoms with van der Waals surface area (Å²) in [5, 5.41) is 9.33. The van der Waals surface area contributed by atoms with E-state index in [1.54, 1.807) is 29.0 Å². The minimum Gasteiger partial charge on any atom is -0.260 e. The summed E-state index contributed by atoms with van der Waals surface area (Å²) < 4.78 is 1.74. The van der Waals surface area contributed by atoms with Crippen molar-refractivity contribution in [3.8, 4) is 5.69 Å². The number of fused-ring (bicyclic) bond motifs is 1. The van der Waals surface area contributed by atoms with Crippen molar-refractivity contribution in [1.82, 2.24) is 29.9 Å². The van der Waals surface area contributed by atoms with Crippen LogP contribution in [0, 0.1) is 6.92 Å². The molecule has 1 aromatic carbocycles. The molecule has 118 valence electrons. The quantitative estimate of drug-likeness (QED) is 0.422. The molecule has 0 bridgehead atoms. The Balaban J connectivity index is 1.67. The Morgan fingerprint density at radius 2 is 1.88 bits per heavy atom. The molecular weight excluding hydrogens is 320 g/mol. The predicted molar refractivity (Wildman–Crippen MR) is 93.0 cm³/mol. The van der Waals surface area contributed by atoms with Gasteiger partial charge in [-0.15, -0.1) is 5.10 Å². The first-order valence-corrected chi connectivity index (χ1v) is 8.46. The summed E-state index contributed by atoms with van der Waals surface area (Å²) in [5.74, 6) is 0.727. The Hall–Kier alpha value is -2.80. The average Bonchev–Trinajstić information content (AvgIpc) is 3.06. The smallest absolute Gasteiger partial charge is 0.187 e. The van der Waals surface area contributed by atoms with E-state index in [0.29, 0.717) is 11.2 Å². The van der Waals surface area contributed by atoms with Gasteiger partial charge in [0.15, 0.2) is 11.2 Å². The minimum atomic E-state index is 0.706. The van der Waals surface area contributed by atoms with Crippen LogP contribution in [0.3, 0.4) is 0 Å². The predicted octanol–water partition coefficient (Wildman–Crippen LogP) is 3.21. The first-order chi connectivity index (χ1) is 11.8. The van der Waals surface area contributed by atoms with Gasteiger partial charge in [0.2, 0.25) is 0 Å². The molecule has 0 saturated carbocycles. The molecule has 6 nitrogen and oxygen atoms in total. The maximum Gasteiger partial charge on any atom is 0.187 e. The maximum atomic E-state index is 4.35. The molecule has 3 heterocycles. The SMILES string of the molecule is Cc1ccc(-n2nnc3c(SCc4ccccn4)ncnc32)cc1. The summed E-state index contributed by atoms with van der Waals surface area (Å²) in [5.41, 5.74) is 4.54. The van der Waals surface area contributed by atoms with E-state index in [4.69, 9.17) is 0 Å². The van der Waals surface area contributed by atoms with Crippen molar-refractivity contribution in [3.63, 3.8) is 0 Å². The Bertz CT molecular complexity index is 965. The number of pyridine rings is 1. The summed E-state index contributed by atoms with van der Waals surface area (Å²) in [7, 11) is 0. The molecule has 7 heteroatoms. The van der Waals surface area contributed by atoms with E-state index in [9.17, 15) is 0 Å². The average molecular weight is 334 g/mol. The minimum absolute atomic E-state index is 0.706. The largest absolute Gasteiger partial charge is 0.260 e. The van der Waals surface area contributed by atoms with Crippen LogP contribution in [-0.4, -0.2) is 29.9 Å². The first-order valence-electron chi connectivity index (χ1n) is 7.47. The number of aryl methyl sites for hydroxylation is 1. The van der Waals surface area contributed by atoms with Crippen LogP contribution in [0.15, 0.2) is 60.0 Å². The summed E-state index contributed by atoms with van der Waals surface area (Å²) in [6, 6.07) is 14.0. The van der Waals surface area contributed by atoms with Gasteiger partial charge in [0.05, 0.1) is 11.4 Å². The molecule has 0 aliphatic heterocycles. The van der Waals surface area contributed by atoms with Crippen LogP contribution < -0.4 is 0 Å². The van der Waals surface area contributed by atoms with Crippen LogP contribution in [0.2, 0.25) is 0 Å². The highest BCUT2D eigenvalue weighted by atomic mass is 32.2. The summed E-state index contributed by atoms with van der Waals surface area (Å²) in [4.78, 5) is 13.0. The second kappa shape index (κ2) is 6.37. The fourth-order valence-electron chi connectivity index (χ4n) is 2.32. The topological polar surface area (TPSA) is 69.4 Å². The third-order valence-corrected chi connectivity index (χ3v) is 4.58. The van der Waals surface area contributed by atoms with E-state index in [2.05, 4.69) is 32.2 Å². The van der Waals surface area contributed by atoms with Gasteiger partial charge in [-0.2, -0.15) is 4.68 Å². The lowest BCUT2D eigenvalue weighted by molar-refractivity contribution is 0.816. The Morgan fingerprint density at radius 3 is 2.67 bits per heavy atom. The van der Waals surface area contributed by atoms with E-state index >= 15 is 0 Å². The molecule has 0 amide bonds. The molecule has 0 fully saturated rings. The van der Waals surface area contributed by atoms with Crippen LogP contribution in [0.5, 0.6) is 0 Å². The van der Waals surface area contributed by atoms with E-state index < -0.39 is 0 Å². The molecular formula is C17H14N6S. The molecule has 24 heavy (non-hydrogen) atoms. The molecule has 0 saturated heterocycles. The van der Waals surface area contributed by atoms with E-state index in [1.165, 1.54) is 5.56 Å². The molecule has 0 atom stereocenters. The molecule has 3 aromatic heterocycles. The number of hydrogen-bond donors (Lipinski definition) is 0. The lowest BCUT2D eigenvalue weighted by Gasteiger charge is -2.03. The molecule has 4 rings (SSSR count). The zero-order valence-electron chi connectivity index (χ0n) is 13.0. The normalized spacial score (nSPS) is 11.0. The van der Waals surface area contributed by atoms with E-state index in [0.717, 1.165) is 22.2 Å². The van der Waals surface area contributed by atoms with Gasteiger partial charge in [0.25, 0.3) is 0 Å². The van der Waals surface area contributed by atoms with Gasteiger partial charge in [0, 0.05) is 11.9 Å². The van der Waals surface area contributed by atoms with Crippen molar-refractivity contribution in [1.29, 1.82) is 0 Å². The standard InChI is InChI=1S/C17H14N6S/c1-12-5-7-14(8-6-12)23-16-15(21-22-23)17(20-11-19-16)24-10-13-4-2-3-9-18-13/h2-9,11H,10H2,1H3. The van der Waals surface area contributed by atoms with E-state index in [1.807, 2.05) is 42.5 Å². The van der Waals surface area contributed by atoms with Gasteiger partial charge in [0.1, 0.15) is 11.4 Å². The number of thioether (sulfide) groups is 1. The van der Waals surface area contributed by atoms with E-state index in [-0.39, 0.29) is 0 Å². The summed E-state index contributed by atoms with van der Waals surface area (Å²) in [6.07, 6.45) is 3.34. The Morgan fingerprint density at radius 1 is 1.00 bits per heavy atom. The van der Waals surface area contributed by atoms with Crippen molar-refractivity contribution >= 4 is 22.9 Å². The summed E-state index contributed by atoms with van der Waals surface area (Å²) >= 11 is 1.58. The van der Waals surface area contributed by atoms with Gasteiger partial charge >= 0.3 is 0 Å². The highest BCUT2D eigenvalue weighted by Gasteiger charge is 2.13. The molecule has 0 aliphatic carbocycles. The van der Waals surface area contributed by atoms with Crippen LogP contribution in [0.4, 0.5) is 0 Å². The van der Waals surface area contributed by atoms with Crippen molar-refractivity contribution < 1.29 is 0 Å². The zero-order chi connectivity index (χ0) is 16.4. The van der Waals surface area contributed by atoms with Gasteiger partial charge in [-0.3, -0.25) is 4.98 Å². The third kappa shape index (κ3) is 2.85. The highest BCUT2D eigenvalue weighted by Crippen LogP contribution is 2.26. The fourth-order valence-corrected chi connectivity index (χ4v) is 3.17. The third-order valence-electron chi connectivity index (χ3n) is 3.57. The number of nitrogens with zero attached hydrogens (tertiary/aromatic N) is 6.